The van der Waals surface area contributed by atoms with Gasteiger partial charge in [0.25, 0.3) is 0 Å². The van der Waals surface area contributed by atoms with Crippen molar-refractivity contribution in [2.45, 2.75) is 12.7 Å². The highest BCUT2D eigenvalue weighted by Gasteiger charge is 1.97. The van der Waals surface area contributed by atoms with Crippen molar-refractivity contribution in [1.29, 1.82) is 5.26 Å². The molecule has 2 aromatic carbocycles. The van der Waals surface area contributed by atoms with E-state index in [1.807, 2.05) is 54.2 Å². The Morgan fingerprint density at radius 3 is 2.65 bits per heavy atom. The van der Waals surface area contributed by atoms with Crippen molar-refractivity contribution in [3.8, 4) is 11.8 Å². The van der Waals surface area contributed by atoms with Crippen LogP contribution in [0.4, 0.5) is 0 Å². The van der Waals surface area contributed by atoms with Crippen molar-refractivity contribution >= 4 is 11.8 Å². The average molecular weight is 283 g/mol. The van der Waals surface area contributed by atoms with E-state index < -0.39 is 0 Å². The molecule has 2 aromatic rings. The monoisotopic (exact) mass is 283 g/mol. The highest BCUT2D eigenvalue weighted by atomic mass is 32.2. The van der Waals surface area contributed by atoms with E-state index in [1.54, 1.807) is 0 Å². The Morgan fingerprint density at radius 1 is 1.15 bits per heavy atom. The molecule has 0 fully saturated rings. The van der Waals surface area contributed by atoms with Crippen molar-refractivity contribution in [1.82, 2.24) is 0 Å². The highest BCUT2D eigenvalue weighted by Crippen LogP contribution is 2.15. The Morgan fingerprint density at radius 2 is 1.95 bits per heavy atom. The molecule has 0 radical (unpaired) electrons. The van der Waals surface area contributed by atoms with E-state index in [2.05, 4.69) is 19.1 Å². The standard InChI is InChI=1S/C17H17NOS/c1-14-3-2-4-17(11-14)19-9-10-20-13-16-7-5-15(12-18)6-8-16/h2-8,11H,9-10,13H2,1H3. The molecule has 20 heavy (non-hydrogen) atoms. The van der Waals surface area contributed by atoms with Gasteiger partial charge in [0.05, 0.1) is 18.2 Å². The fourth-order valence-electron chi connectivity index (χ4n) is 1.79. The third-order valence-corrected chi connectivity index (χ3v) is 3.83. The van der Waals surface area contributed by atoms with Gasteiger partial charge in [-0.05, 0) is 42.3 Å². The van der Waals surface area contributed by atoms with Crippen molar-refractivity contribution in [3.05, 3.63) is 65.2 Å². The summed E-state index contributed by atoms with van der Waals surface area (Å²) in [6.45, 7) is 2.77. The van der Waals surface area contributed by atoms with Gasteiger partial charge < -0.3 is 4.74 Å². The second kappa shape index (κ2) is 7.62. The molecule has 0 bridgehead atoms. The molecule has 2 rings (SSSR count). The normalized spacial score (nSPS) is 10.0. The van der Waals surface area contributed by atoms with Gasteiger partial charge in [0.15, 0.2) is 0 Å². The Labute approximate surface area is 124 Å². The summed E-state index contributed by atoms with van der Waals surface area (Å²) in [5.41, 5.74) is 3.17. The van der Waals surface area contributed by atoms with Crippen LogP contribution >= 0.6 is 11.8 Å². The summed E-state index contributed by atoms with van der Waals surface area (Å²) < 4.78 is 5.70. The fraction of sp³-hybridized carbons (Fsp3) is 0.235. The van der Waals surface area contributed by atoms with Gasteiger partial charge in [0.2, 0.25) is 0 Å². The third kappa shape index (κ3) is 4.64. The first-order valence-electron chi connectivity index (χ1n) is 6.54. The zero-order valence-electron chi connectivity index (χ0n) is 11.5. The van der Waals surface area contributed by atoms with Crippen LogP contribution in [0.15, 0.2) is 48.5 Å². The summed E-state index contributed by atoms with van der Waals surface area (Å²) in [6, 6.07) is 18.0. The van der Waals surface area contributed by atoms with E-state index in [0.29, 0.717) is 12.2 Å². The maximum Gasteiger partial charge on any atom is 0.119 e. The molecule has 0 aliphatic carbocycles. The molecule has 0 N–H and O–H groups in total. The Kier molecular flexibility index (Phi) is 5.52. The van der Waals surface area contributed by atoms with Crippen LogP contribution in [0.25, 0.3) is 0 Å². The van der Waals surface area contributed by atoms with E-state index in [4.69, 9.17) is 10.00 Å². The summed E-state index contributed by atoms with van der Waals surface area (Å²) >= 11 is 1.84. The molecule has 0 aliphatic rings. The number of aryl methyl sites for hydroxylation is 1. The summed E-state index contributed by atoms with van der Waals surface area (Å²) in [7, 11) is 0. The number of hydrogen-bond donors (Lipinski definition) is 0. The van der Waals surface area contributed by atoms with E-state index in [9.17, 15) is 0 Å². The topological polar surface area (TPSA) is 33.0 Å². The zero-order chi connectivity index (χ0) is 14.2. The second-order valence-electron chi connectivity index (χ2n) is 4.53. The van der Waals surface area contributed by atoms with Gasteiger partial charge in [-0.15, -0.1) is 0 Å². The van der Waals surface area contributed by atoms with Crippen molar-refractivity contribution in [2.75, 3.05) is 12.4 Å². The largest absolute Gasteiger partial charge is 0.493 e. The quantitative estimate of drug-likeness (QED) is 0.746. The molecule has 0 heterocycles. The Bertz CT molecular complexity index is 587. The minimum Gasteiger partial charge on any atom is -0.493 e. The molecular weight excluding hydrogens is 266 g/mol. The Hall–Kier alpha value is -1.92. The maximum absolute atomic E-state index is 8.73. The van der Waals surface area contributed by atoms with Crippen LogP contribution in [0.1, 0.15) is 16.7 Å². The maximum atomic E-state index is 8.73. The zero-order valence-corrected chi connectivity index (χ0v) is 12.3. The first kappa shape index (κ1) is 14.5. The first-order valence-corrected chi connectivity index (χ1v) is 7.69. The molecule has 0 saturated heterocycles. The predicted octanol–water partition coefficient (Wildman–Crippen LogP) is 4.18. The van der Waals surface area contributed by atoms with Gasteiger partial charge >= 0.3 is 0 Å². The Balaban J connectivity index is 1.67. The lowest BCUT2D eigenvalue weighted by Crippen LogP contribution is -2.00. The van der Waals surface area contributed by atoms with Crippen LogP contribution in [0, 0.1) is 18.3 Å². The van der Waals surface area contributed by atoms with Crippen LogP contribution in [0.5, 0.6) is 5.75 Å². The van der Waals surface area contributed by atoms with Crippen molar-refractivity contribution in [2.24, 2.45) is 0 Å². The molecular formula is C17H17NOS. The molecule has 0 unspecified atom stereocenters. The van der Waals surface area contributed by atoms with E-state index in [0.717, 1.165) is 17.3 Å². The minimum atomic E-state index is 0.710. The predicted molar refractivity (Wildman–Crippen MR) is 84.0 cm³/mol. The number of benzene rings is 2. The first-order chi connectivity index (χ1) is 9.78. The van der Waals surface area contributed by atoms with Crippen LogP contribution in [-0.4, -0.2) is 12.4 Å². The van der Waals surface area contributed by atoms with E-state index >= 15 is 0 Å². The average Bonchev–Trinajstić information content (AvgIpc) is 2.48. The lowest BCUT2D eigenvalue weighted by Gasteiger charge is -2.06. The second-order valence-corrected chi connectivity index (χ2v) is 5.63. The summed E-state index contributed by atoms with van der Waals surface area (Å²) in [6.07, 6.45) is 0. The van der Waals surface area contributed by atoms with E-state index in [1.165, 1.54) is 11.1 Å². The molecule has 0 saturated carbocycles. The summed E-state index contributed by atoms with van der Waals surface area (Å²) in [5, 5.41) is 8.73. The molecule has 0 aromatic heterocycles. The van der Waals surface area contributed by atoms with Gasteiger partial charge in [-0.3, -0.25) is 0 Å². The number of ether oxygens (including phenoxy) is 1. The number of nitrogens with zero attached hydrogens (tertiary/aromatic N) is 1. The molecule has 0 aliphatic heterocycles. The van der Waals surface area contributed by atoms with Crippen LogP contribution in [0.3, 0.4) is 0 Å². The molecule has 3 heteroatoms. The smallest absolute Gasteiger partial charge is 0.119 e. The summed E-state index contributed by atoms with van der Waals surface area (Å²) in [4.78, 5) is 0. The van der Waals surface area contributed by atoms with Gasteiger partial charge in [-0.2, -0.15) is 17.0 Å². The summed E-state index contributed by atoms with van der Waals surface area (Å²) in [5.74, 6) is 2.83. The van der Waals surface area contributed by atoms with Gasteiger partial charge in [-0.25, -0.2) is 0 Å². The van der Waals surface area contributed by atoms with Crippen molar-refractivity contribution < 1.29 is 4.74 Å². The lowest BCUT2D eigenvalue weighted by atomic mass is 10.2. The van der Waals surface area contributed by atoms with Gasteiger partial charge in [-0.1, -0.05) is 24.3 Å². The van der Waals surface area contributed by atoms with Crippen molar-refractivity contribution in [3.63, 3.8) is 0 Å². The molecule has 0 spiro atoms. The lowest BCUT2D eigenvalue weighted by molar-refractivity contribution is 0.343. The number of hydrogen-bond acceptors (Lipinski definition) is 3. The number of thioether (sulfide) groups is 1. The van der Waals surface area contributed by atoms with E-state index in [-0.39, 0.29) is 0 Å². The highest BCUT2D eigenvalue weighted by molar-refractivity contribution is 7.98. The molecule has 102 valence electrons. The van der Waals surface area contributed by atoms with Crippen LogP contribution in [-0.2, 0) is 5.75 Å². The molecule has 2 nitrogen and oxygen atoms in total. The molecule has 0 amide bonds. The third-order valence-electron chi connectivity index (χ3n) is 2.84. The molecule has 0 atom stereocenters. The SMILES string of the molecule is Cc1cccc(OCCSCc2ccc(C#N)cc2)c1. The van der Waals surface area contributed by atoms with Gasteiger partial charge in [0, 0.05) is 11.5 Å². The van der Waals surface area contributed by atoms with Crippen LogP contribution < -0.4 is 4.74 Å². The number of rotatable bonds is 6. The van der Waals surface area contributed by atoms with Crippen LogP contribution in [0.2, 0.25) is 0 Å². The minimum absolute atomic E-state index is 0.710. The van der Waals surface area contributed by atoms with Gasteiger partial charge in [0.1, 0.15) is 5.75 Å². The fourth-order valence-corrected chi connectivity index (χ4v) is 2.56. The number of nitriles is 1.